The highest BCUT2D eigenvalue weighted by Crippen LogP contribution is 2.23. The number of non-ortho nitro benzene ring substituents is 1. The lowest BCUT2D eigenvalue weighted by atomic mass is 10.2. The Hall–Kier alpha value is -3.20. The molecular formula is C18H15FN4O3S. The highest BCUT2D eigenvalue weighted by Gasteiger charge is 2.14. The first-order chi connectivity index (χ1) is 12.9. The molecule has 0 atom stereocenters. The molecule has 0 fully saturated rings. The van der Waals surface area contributed by atoms with Crippen LogP contribution >= 0.6 is 11.8 Å². The highest BCUT2D eigenvalue weighted by atomic mass is 32.2. The number of benzene rings is 2. The summed E-state index contributed by atoms with van der Waals surface area (Å²) in [6.07, 6.45) is 1.63. The molecule has 7 nitrogen and oxygen atoms in total. The van der Waals surface area contributed by atoms with E-state index in [2.05, 4.69) is 9.97 Å². The van der Waals surface area contributed by atoms with Gasteiger partial charge in [-0.05, 0) is 42.0 Å². The monoisotopic (exact) mass is 386 g/mol. The fraction of sp³-hybridized carbons (Fsp3) is 0.111. The number of hydrogen-bond donors (Lipinski definition) is 1. The Morgan fingerprint density at radius 2 is 1.89 bits per heavy atom. The second kappa shape index (κ2) is 8.00. The number of imidazole rings is 1. The first-order valence-corrected chi connectivity index (χ1v) is 8.87. The number of rotatable bonds is 6. The smallest absolute Gasteiger partial charge is 0.269 e. The van der Waals surface area contributed by atoms with Crippen LogP contribution in [0.15, 0.2) is 59.9 Å². The Labute approximate surface area is 158 Å². The van der Waals surface area contributed by atoms with Gasteiger partial charge in [0, 0.05) is 24.9 Å². The van der Waals surface area contributed by atoms with Crippen molar-refractivity contribution in [2.45, 2.75) is 5.16 Å². The summed E-state index contributed by atoms with van der Waals surface area (Å²) >= 11 is 1.24. The standard InChI is InChI=1S/C18H15FN4O3S/c1-22(14-6-8-15(9-7-14)23(25)26)17(24)11-27-18-20-10-16(21-18)12-2-4-13(19)5-3-12/h2-10H,11H2,1H3,(H,20,21). The van der Waals surface area contributed by atoms with E-state index >= 15 is 0 Å². The van der Waals surface area contributed by atoms with Gasteiger partial charge in [0.25, 0.3) is 5.69 Å². The molecule has 27 heavy (non-hydrogen) atoms. The fourth-order valence-electron chi connectivity index (χ4n) is 2.32. The van der Waals surface area contributed by atoms with Crippen LogP contribution in [0.3, 0.4) is 0 Å². The van der Waals surface area contributed by atoms with Crippen molar-refractivity contribution in [3.05, 3.63) is 70.7 Å². The summed E-state index contributed by atoms with van der Waals surface area (Å²) in [6.45, 7) is 0. The Kier molecular flexibility index (Phi) is 5.51. The second-order valence-electron chi connectivity index (χ2n) is 5.62. The maximum atomic E-state index is 13.0. The van der Waals surface area contributed by atoms with Crippen molar-refractivity contribution in [3.8, 4) is 11.3 Å². The van der Waals surface area contributed by atoms with Crippen LogP contribution in [0.5, 0.6) is 0 Å². The summed E-state index contributed by atoms with van der Waals surface area (Å²) in [5.74, 6) is -0.342. The maximum absolute atomic E-state index is 13.0. The number of nitro benzene ring substituents is 1. The molecule has 138 valence electrons. The van der Waals surface area contributed by atoms with Gasteiger partial charge in [-0.15, -0.1) is 0 Å². The lowest BCUT2D eigenvalue weighted by molar-refractivity contribution is -0.384. The number of anilines is 1. The summed E-state index contributed by atoms with van der Waals surface area (Å²) in [5, 5.41) is 11.3. The van der Waals surface area contributed by atoms with Gasteiger partial charge in [-0.25, -0.2) is 9.37 Å². The van der Waals surface area contributed by atoms with Crippen LogP contribution < -0.4 is 4.90 Å². The molecule has 0 unspecified atom stereocenters. The summed E-state index contributed by atoms with van der Waals surface area (Å²) in [5.41, 5.74) is 2.06. The number of nitro groups is 1. The molecule has 2 aromatic carbocycles. The average Bonchev–Trinajstić information content (AvgIpc) is 3.15. The van der Waals surface area contributed by atoms with Gasteiger partial charge in [0.15, 0.2) is 5.16 Å². The fourth-order valence-corrected chi connectivity index (χ4v) is 3.08. The number of amides is 1. The summed E-state index contributed by atoms with van der Waals surface area (Å²) in [4.78, 5) is 31.3. The number of aromatic nitrogens is 2. The number of carbonyl (C=O) groups is 1. The van der Waals surface area contributed by atoms with Gasteiger partial charge in [0.2, 0.25) is 5.91 Å². The zero-order valence-corrected chi connectivity index (χ0v) is 15.1. The quantitative estimate of drug-likeness (QED) is 0.394. The third-order valence-electron chi connectivity index (χ3n) is 3.86. The van der Waals surface area contributed by atoms with E-state index in [1.807, 2.05) is 0 Å². The third kappa shape index (κ3) is 4.50. The minimum absolute atomic E-state index is 0.0297. The van der Waals surface area contributed by atoms with E-state index in [4.69, 9.17) is 0 Å². The molecule has 1 aromatic heterocycles. The van der Waals surface area contributed by atoms with Crippen molar-refractivity contribution in [1.82, 2.24) is 9.97 Å². The molecule has 1 N–H and O–H groups in total. The lowest BCUT2D eigenvalue weighted by Gasteiger charge is -2.16. The summed E-state index contributed by atoms with van der Waals surface area (Å²) < 4.78 is 13.0. The molecule has 0 radical (unpaired) electrons. The van der Waals surface area contributed by atoms with E-state index in [0.29, 0.717) is 10.8 Å². The Balaban J connectivity index is 1.60. The normalized spacial score (nSPS) is 10.6. The number of nitrogens with zero attached hydrogens (tertiary/aromatic N) is 3. The van der Waals surface area contributed by atoms with E-state index in [9.17, 15) is 19.3 Å². The molecule has 9 heteroatoms. The zero-order valence-electron chi connectivity index (χ0n) is 14.3. The average molecular weight is 386 g/mol. The van der Waals surface area contributed by atoms with Gasteiger partial charge in [-0.1, -0.05) is 11.8 Å². The van der Waals surface area contributed by atoms with E-state index in [1.54, 1.807) is 25.4 Å². The predicted molar refractivity (Wildman–Crippen MR) is 101 cm³/mol. The van der Waals surface area contributed by atoms with Crippen molar-refractivity contribution in [2.75, 3.05) is 17.7 Å². The van der Waals surface area contributed by atoms with E-state index in [1.165, 1.54) is 53.1 Å². The largest absolute Gasteiger partial charge is 0.333 e. The minimum Gasteiger partial charge on any atom is -0.333 e. The second-order valence-corrected chi connectivity index (χ2v) is 6.59. The Morgan fingerprint density at radius 1 is 1.22 bits per heavy atom. The van der Waals surface area contributed by atoms with E-state index in [0.717, 1.165) is 11.3 Å². The van der Waals surface area contributed by atoms with Crippen LogP contribution in [0.1, 0.15) is 0 Å². The molecule has 0 aliphatic heterocycles. The molecular weight excluding hydrogens is 371 g/mol. The zero-order chi connectivity index (χ0) is 19.4. The van der Waals surface area contributed by atoms with Crippen LogP contribution in [-0.4, -0.2) is 33.6 Å². The lowest BCUT2D eigenvalue weighted by Crippen LogP contribution is -2.27. The molecule has 0 aliphatic rings. The van der Waals surface area contributed by atoms with Gasteiger partial charge < -0.3 is 9.88 Å². The van der Waals surface area contributed by atoms with Gasteiger partial charge in [0.1, 0.15) is 5.82 Å². The van der Waals surface area contributed by atoms with Crippen LogP contribution in [0.2, 0.25) is 0 Å². The van der Waals surface area contributed by atoms with Crippen molar-refractivity contribution in [2.24, 2.45) is 0 Å². The predicted octanol–water partition coefficient (Wildman–Crippen LogP) is 3.88. The number of aromatic amines is 1. The Bertz CT molecular complexity index is 957. The van der Waals surface area contributed by atoms with Crippen molar-refractivity contribution in [3.63, 3.8) is 0 Å². The van der Waals surface area contributed by atoms with Crippen molar-refractivity contribution in [1.29, 1.82) is 0 Å². The van der Waals surface area contributed by atoms with Crippen LogP contribution in [-0.2, 0) is 4.79 Å². The SMILES string of the molecule is CN(C(=O)CSc1ncc(-c2ccc(F)cc2)[nH]1)c1ccc([N+](=O)[O-])cc1. The minimum atomic E-state index is -0.489. The van der Waals surface area contributed by atoms with Crippen LogP contribution in [0.4, 0.5) is 15.8 Å². The van der Waals surface area contributed by atoms with E-state index < -0.39 is 4.92 Å². The molecule has 0 spiro atoms. The van der Waals surface area contributed by atoms with Gasteiger partial charge in [-0.3, -0.25) is 14.9 Å². The van der Waals surface area contributed by atoms with Crippen molar-refractivity contribution >= 4 is 29.0 Å². The number of halogens is 1. The number of carbonyl (C=O) groups excluding carboxylic acids is 1. The van der Waals surface area contributed by atoms with E-state index in [-0.39, 0.29) is 23.2 Å². The topological polar surface area (TPSA) is 92.1 Å². The third-order valence-corrected chi connectivity index (χ3v) is 4.73. The molecule has 0 saturated carbocycles. The van der Waals surface area contributed by atoms with Crippen LogP contribution in [0.25, 0.3) is 11.3 Å². The first-order valence-electron chi connectivity index (χ1n) is 7.89. The molecule has 0 saturated heterocycles. The van der Waals surface area contributed by atoms with Gasteiger partial charge in [-0.2, -0.15) is 0 Å². The van der Waals surface area contributed by atoms with Crippen LogP contribution in [0, 0.1) is 15.9 Å². The molecule has 1 heterocycles. The number of thioether (sulfide) groups is 1. The molecule has 1 amide bonds. The van der Waals surface area contributed by atoms with Crippen molar-refractivity contribution < 1.29 is 14.1 Å². The summed E-state index contributed by atoms with van der Waals surface area (Å²) in [6, 6.07) is 11.8. The summed E-state index contributed by atoms with van der Waals surface area (Å²) in [7, 11) is 1.61. The molecule has 0 aliphatic carbocycles. The molecule has 0 bridgehead atoms. The maximum Gasteiger partial charge on any atom is 0.269 e. The van der Waals surface area contributed by atoms with Gasteiger partial charge in [0.05, 0.1) is 22.6 Å². The number of hydrogen-bond acceptors (Lipinski definition) is 5. The highest BCUT2D eigenvalue weighted by molar-refractivity contribution is 7.99. The Morgan fingerprint density at radius 3 is 2.52 bits per heavy atom. The van der Waals surface area contributed by atoms with Gasteiger partial charge >= 0.3 is 0 Å². The number of nitrogens with one attached hydrogen (secondary N) is 1. The molecule has 3 aromatic rings. The molecule has 3 rings (SSSR count). The number of H-pyrrole nitrogens is 1. The first kappa shape index (κ1) is 18.6.